The Morgan fingerprint density at radius 2 is 1.61 bits per heavy atom. The summed E-state index contributed by atoms with van der Waals surface area (Å²) in [6.45, 7) is 0. The van der Waals surface area contributed by atoms with Crippen LogP contribution in [0.15, 0.2) is 66.9 Å². The molecule has 6 heteroatoms. The van der Waals surface area contributed by atoms with Gasteiger partial charge in [-0.2, -0.15) is 5.48 Å². The fraction of sp³-hybridized carbons (Fsp3) is 0.0909. The van der Waals surface area contributed by atoms with Crippen molar-refractivity contribution in [2.75, 3.05) is 14.2 Å². The Hall–Kier alpha value is -3.80. The van der Waals surface area contributed by atoms with Gasteiger partial charge in [-0.25, -0.2) is 0 Å². The Morgan fingerprint density at radius 3 is 2.43 bits per heavy atom. The number of hydrogen-bond acceptors (Lipinski definition) is 5. The number of hydroxylamine groups is 1. The summed E-state index contributed by atoms with van der Waals surface area (Å²) in [6.07, 6.45) is 1.60. The summed E-state index contributed by atoms with van der Waals surface area (Å²) in [7, 11) is 3.12. The molecule has 0 radical (unpaired) electrons. The van der Waals surface area contributed by atoms with Crippen LogP contribution in [0.4, 0.5) is 0 Å². The van der Waals surface area contributed by atoms with Gasteiger partial charge in [-0.3, -0.25) is 9.78 Å². The second-order valence-corrected chi connectivity index (χ2v) is 6.09. The van der Waals surface area contributed by atoms with E-state index in [2.05, 4.69) is 10.5 Å². The molecular formula is C22H18N2O4. The predicted octanol–water partition coefficient (Wildman–Crippen LogP) is 4.13. The van der Waals surface area contributed by atoms with E-state index in [0.29, 0.717) is 33.7 Å². The van der Waals surface area contributed by atoms with Crippen LogP contribution < -0.4 is 19.8 Å². The van der Waals surface area contributed by atoms with Gasteiger partial charge in [0.05, 0.1) is 25.3 Å². The van der Waals surface area contributed by atoms with Gasteiger partial charge in [0.1, 0.15) is 0 Å². The molecule has 3 aromatic carbocycles. The molecule has 0 saturated carbocycles. The molecular weight excluding hydrogens is 356 g/mol. The molecule has 0 fully saturated rings. The molecule has 0 spiro atoms. The van der Waals surface area contributed by atoms with Crippen LogP contribution in [0.5, 0.6) is 17.2 Å². The molecule has 0 aliphatic rings. The number of amides is 1. The number of nitrogens with one attached hydrogen (secondary N) is 1. The summed E-state index contributed by atoms with van der Waals surface area (Å²) < 4.78 is 10.7. The first kappa shape index (κ1) is 17.6. The lowest BCUT2D eigenvalue weighted by Gasteiger charge is -2.13. The number of aromatic nitrogens is 1. The minimum absolute atomic E-state index is 0.331. The summed E-state index contributed by atoms with van der Waals surface area (Å²) in [5.41, 5.74) is 3.73. The maximum absolute atomic E-state index is 12.7. The predicted molar refractivity (Wildman–Crippen MR) is 107 cm³/mol. The first-order valence-corrected chi connectivity index (χ1v) is 8.67. The summed E-state index contributed by atoms with van der Waals surface area (Å²) in [6, 6.07) is 18.5. The standard InChI is InChI=1S/C22H18N2O4/c1-26-20-12-17-18(13-21(20)27-2)23-11-10-19(17)28-24-22(25)16-9-5-7-14-6-3-4-8-15(14)16/h3-13H,1-2H3,(H,24,25). The van der Waals surface area contributed by atoms with Gasteiger partial charge in [0.15, 0.2) is 17.2 Å². The summed E-state index contributed by atoms with van der Waals surface area (Å²) in [5, 5.41) is 2.54. The van der Waals surface area contributed by atoms with Crippen LogP contribution in [0.2, 0.25) is 0 Å². The van der Waals surface area contributed by atoms with Crippen LogP contribution in [-0.4, -0.2) is 25.1 Å². The Bertz CT molecular complexity index is 1170. The van der Waals surface area contributed by atoms with Crippen LogP contribution >= 0.6 is 0 Å². The highest BCUT2D eigenvalue weighted by atomic mass is 16.7. The van der Waals surface area contributed by atoms with E-state index in [4.69, 9.17) is 14.3 Å². The summed E-state index contributed by atoms with van der Waals surface area (Å²) in [4.78, 5) is 22.6. The number of carbonyl (C=O) groups excluding carboxylic acids is 1. The zero-order valence-corrected chi connectivity index (χ0v) is 15.4. The molecule has 4 rings (SSSR count). The molecule has 0 aliphatic heterocycles. The lowest BCUT2D eigenvalue weighted by Crippen LogP contribution is -2.27. The number of carbonyl (C=O) groups is 1. The number of nitrogens with zero attached hydrogens (tertiary/aromatic N) is 1. The third kappa shape index (κ3) is 3.16. The fourth-order valence-electron chi connectivity index (χ4n) is 3.12. The van der Waals surface area contributed by atoms with Gasteiger partial charge < -0.3 is 14.3 Å². The average molecular weight is 374 g/mol. The van der Waals surface area contributed by atoms with Crippen molar-refractivity contribution >= 4 is 27.6 Å². The van der Waals surface area contributed by atoms with Crippen molar-refractivity contribution in [3.63, 3.8) is 0 Å². The second kappa shape index (κ2) is 7.44. The first-order valence-electron chi connectivity index (χ1n) is 8.67. The fourth-order valence-corrected chi connectivity index (χ4v) is 3.12. The zero-order chi connectivity index (χ0) is 19.5. The van der Waals surface area contributed by atoms with Crippen LogP contribution in [0, 0.1) is 0 Å². The number of hydrogen-bond donors (Lipinski definition) is 1. The number of methoxy groups -OCH3 is 2. The molecule has 1 amide bonds. The van der Waals surface area contributed by atoms with Crippen molar-refractivity contribution < 1.29 is 19.1 Å². The van der Waals surface area contributed by atoms with Crippen molar-refractivity contribution in [2.24, 2.45) is 0 Å². The average Bonchev–Trinajstić information content (AvgIpc) is 2.75. The van der Waals surface area contributed by atoms with Gasteiger partial charge in [0.2, 0.25) is 0 Å². The minimum Gasteiger partial charge on any atom is -0.493 e. The van der Waals surface area contributed by atoms with E-state index in [9.17, 15) is 4.79 Å². The maximum atomic E-state index is 12.7. The highest BCUT2D eigenvalue weighted by molar-refractivity contribution is 6.06. The molecule has 0 aliphatic carbocycles. The number of ether oxygens (including phenoxy) is 2. The van der Waals surface area contributed by atoms with Gasteiger partial charge in [0.25, 0.3) is 5.91 Å². The number of rotatable bonds is 5. The second-order valence-electron chi connectivity index (χ2n) is 6.09. The Morgan fingerprint density at radius 1 is 0.857 bits per heavy atom. The molecule has 0 atom stereocenters. The van der Waals surface area contributed by atoms with Gasteiger partial charge in [-0.15, -0.1) is 0 Å². The molecule has 4 aromatic rings. The van der Waals surface area contributed by atoms with Crippen LogP contribution in [0.25, 0.3) is 21.7 Å². The molecule has 1 N–H and O–H groups in total. The summed E-state index contributed by atoms with van der Waals surface area (Å²) >= 11 is 0. The van der Waals surface area contributed by atoms with Crippen molar-refractivity contribution in [1.82, 2.24) is 10.5 Å². The molecule has 1 aromatic heterocycles. The smallest absolute Gasteiger partial charge is 0.284 e. The Balaban J connectivity index is 1.64. The van der Waals surface area contributed by atoms with Crippen LogP contribution in [-0.2, 0) is 0 Å². The van der Waals surface area contributed by atoms with Crippen molar-refractivity contribution in [1.29, 1.82) is 0 Å². The zero-order valence-electron chi connectivity index (χ0n) is 15.4. The van der Waals surface area contributed by atoms with Crippen molar-refractivity contribution in [3.8, 4) is 17.2 Å². The molecule has 140 valence electrons. The van der Waals surface area contributed by atoms with Crippen LogP contribution in [0.3, 0.4) is 0 Å². The number of benzene rings is 3. The third-order valence-electron chi connectivity index (χ3n) is 4.49. The molecule has 0 saturated heterocycles. The van der Waals surface area contributed by atoms with Crippen LogP contribution in [0.1, 0.15) is 10.4 Å². The normalized spacial score (nSPS) is 10.6. The number of pyridine rings is 1. The quantitative estimate of drug-likeness (QED) is 0.532. The Labute approximate surface area is 161 Å². The van der Waals surface area contributed by atoms with E-state index >= 15 is 0 Å². The maximum Gasteiger partial charge on any atom is 0.284 e. The minimum atomic E-state index is -0.331. The summed E-state index contributed by atoms with van der Waals surface area (Å²) in [5.74, 6) is 1.24. The monoisotopic (exact) mass is 374 g/mol. The van der Waals surface area contributed by atoms with Gasteiger partial charge in [0, 0.05) is 23.7 Å². The van der Waals surface area contributed by atoms with E-state index in [1.54, 1.807) is 44.7 Å². The molecule has 6 nitrogen and oxygen atoms in total. The first-order chi connectivity index (χ1) is 13.7. The molecule has 1 heterocycles. The largest absolute Gasteiger partial charge is 0.493 e. The van der Waals surface area contributed by atoms with Gasteiger partial charge in [-0.05, 0) is 22.9 Å². The van der Waals surface area contributed by atoms with Crippen molar-refractivity contribution in [3.05, 3.63) is 72.4 Å². The topological polar surface area (TPSA) is 69.7 Å². The van der Waals surface area contributed by atoms with Gasteiger partial charge in [-0.1, -0.05) is 36.4 Å². The molecule has 28 heavy (non-hydrogen) atoms. The lowest BCUT2D eigenvalue weighted by atomic mass is 10.0. The van der Waals surface area contributed by atoms with Gasteiger partial charge >= 0.3 is 0 Å². The lowest BCUT2D eigenvalue weighted by molar-refractivity contribution is 0.0765. The Kier molecular flexibility index (Phi) is 4.68. The third-order valence-corrected chi connectivity index (χ3v) is 4.49. The van der Waals surface area contributed by atoms with E-state index in [0.717, 1.165) is 10.8 Å². The SMILES string of the molecule is COc1cc2nccc(ONC(=O)c3cccc4ccccc34)c2cc1OC. The van der Waals surface area contributed by atoms with Crippen molar-refractivity contribution in [2.45, 2.75) is 0 Å². The van der Waals surface area contributed by atoms with E-state index in [-0.39, 0.29) is 5.91 Å². The van der Waals surface area contributed by atoms with E-state index in [1.165, 1.54) is 0 Å². The highest BCUT2D eigenvalue weighted by Gasteiger charge is 2.14. The molecule has 0 unspecified atom stereocenters. The number of fused-ring (bicyclic) bond motifs is 2. The van der Waals surface area contributed by atoms with E-state index < -0.39 is 0 Å². The molecule has 0 bridgehead atoms. The van der Waals surface area contributed by atoms with E-state index in [1.807, 2.05) is 36.4 Å². The highest BCUT2D eigenvalue weighted by Crippen LogP contribution is 2.35.